The Morgan fingerprint density at radius 1 is 1.14 bits per heavy atom. The number of anilines is 2. The van der Waals surface area contributed by atoms with Crippen LogP contribution in [0.15, 0.2) is 60.9 Å². The summed E-state index contributed by atoms with van der Waals surface area (Å²) in [6, 6.07) is 19.0. The van der Waals surface area contributed by atoms with Crippen LogP contribution in [-0.2, 0) is 10.0 Å². The molecule has 1 saturated heterocycles. The molecule has 2 fully saturated rings. The van der Waals surface area contributed by atoms with Gasteiger partial charge in [0.1, 0.15) is 29.5 Å². The standard InChI is InChI=1S/C25H25ClN6O3S/c26-12-21(13-27)36(33,34)32-14-25(15-32)10-18(11-25)31-24-22(23(28)29-16-30-24)17-6-8-20(9-7-17)35-19-4-2-1-3-5-19/h1-9,16,18,21H,10-12,14-15H2,(H3,28,29,30,31). The van der Waals surface area contributed by atoms with Crippen LogP contribution >= 0.6 is 11.6 Å². The number of nitrogens with two attached hydrogens (primary N) is 1. The first kappa shape index (κ1) is 24.3. The van der Waals surface area contributed by atoms with Crippen molar-refractivity contribution in [2.75, 3.05) is 30.0 Å². The fourth-order valence-electron chi connectivity index (χ4n) is 4.89. The van der Waals surface area contributed by atoms with Crippen molar-refractivity contribution < 1.29 is 13.2 Å². The second-order valence-electron chi connectivity index (χ2n) is 9.26. The molecule has 1 aliphatic heterocycles. The minimum Gasteiger partial charge on any atom is -0.457 e. The highest BCUT2D eigenvalue weighted by atomic mass is 35.5. The zero-order valence-corrected chi connectivity index (χ0v) is 20.9. The number of nitrogens with zero attached hydrogens (tertiary/aromatic N) is 4. The van der Waals surface area contributed by atoms with Gasteiger partial charge >= 0.3 is 0 Å². The quantitative estimate of drug-likeness (QED) is 0.424. The van der Waals surface area contributed by atoms with Gasteiger partial charge in [0, 0.05) is 24.5 Å². The van der Waals surface area contributed by atoms with Gasteiger partial charge in [0.2, 0.25) is 10.0 Å². The van der Waals surface area contributed by atoms with Gasteiger partial charge in [-0.1, -0.05) is 30.3 Å². The molecule has 11 heteroatoms. The summed E-state index contributed by atoms with van der Waals surface area (Å²) in [6.45, 7) is 0.814. The second kappa shape index (κ2) is 9.58. The number of rotatable bonds is 8. The zero-order chi connectivity index (χ0) is 25.3. The molecule has 1 unspecified atom stereocenters. The molecule has 0 amide bonds. The van der Waals surface area contributed by atoms with Crippen molar-refractivity contribution in [1.29, 1.82) is 5.26 Å². The number of sulfonamides is 1. The number of alkyl halides is 1. The molecule has 2 aliphatic rings. The molecule has 1 aromatic heterocycles. The van der Waals surface area contributed by atoms with Gasteiger partial charge in [0.25, 0.3) is 0 Å². The number of benzene rings is 2. The second-order valence-corrected chi connectivity index (χ2v) is 11.7. The van der Waals surface area contributed by atoms with Crippen LogP contribution in [-0.4, -0.2) is 53.0 Å². The van der Waals surface area contributed by atoms with Gasteiger partial charge in [-0.05, 0) is 42.7 Å². The number of halogens is 1. The summed E-state index contributed by atoms with van der Waals surface area (Å²) in [7, 11) is -3.69. The molecule has 1 saturated carbocycles. The molecule has 0 bridgehead atoms. The van der Waals surface area contributed by atoms with Crippen LogP contribution in [0.25, 0.3) is 11.1 Å². The molecule has 186 valence electrons. The van der Waals surface area contributed by atoms with Crippen LogP contribution in [0.2, 0.25) is 0 Å². The molecule has 3 N–H and O–H groups in total. The number of nitriles is 1. The van der Waals surface area contributed by atoms with E-state index in [9.17, 15) is 8.42 Å². The largest absolute Gasteiger partial charge is 0.457 e. The van der Waals surface area contributed by atoms with Crippen molar-refractivity contribution in [3.8, 4) is 28.7 Å². The molecular formula is C25H25ClN6O3S. The zero-order valence-electron chi connectivity index (χ0n) is 19.3. The van der Waals surface area contributed by atoms with Crippen LogP contribution < -0.4 is 15.8 Å². The van der Waals surface area contributed by atoms with Crippen LogP contribution in [0.1, 0.15) is 12.8 Å². The first-order valence-corrected chi connectivity index (χ1v) is 13.5. The number of hydrogen-bond donors (Lipinski definition) is 2. The first-order chi connectivity index (χ1) is 17.3. The molecule has 1 spiro atoms. The summed E-state index contributed by atoms with van der Waals surface area (Å²) in [5.74, 6) is 2.22. The fourth-order valence-corrected chi connectivity index (χ4v) is 7.00. The maximum absolute atomic E-state index is 12.5. The van der Waals surface area contributed by atoms with E-state index in [1.54, 1.807) is 6.07 Å². The molecule has 3 aromatic rings. The molecule has 1 atom stereocenters. The predicted molar refractivity (Wildman–Crippen MR) is 138 cm³/mol. The summed E-state index contributed by atoms with van der Waals surface area (Å²) in [6.07, 6.45) is 3.02. The third-order valence-corrected chi connectivity index (χ3v) is 9.19. The van der Waals surface area contributed by atoms with E-state index in [2.05, 4.69) is 15.3 Å². The van der Waals surface area contributed by atoms with Crippen LogP contribution in [0, 0.1) is 16.7 Å². The van der Waals surface area contributed by atoms with Crippen molar-refractivity contribution in [3.05, 3.63) is 60.9 Å². The lowest BCUT2D eigenvalue weighted by Crippen LogP contribution is -2.67. The predicted octanol–water partition coefficient (Wildman–Crippen LogP) is 3.86. The highest BCUT2D eigenvalue weighted by Gasteiger charge is 2.56. The minimum absolute atomic E-state index is 0.0772. The summed E-state index contributed by atoms with van der Waals surface area (Å²) in [5, 5.41) is 11.3. The Labute approximate surface area is 214 Å². The average molecular weight is 525 g/mol. The number of nitrogen functional groups attached to an aromatic ring is 1. The molecule has 1 aliphatic carbocycles. The van der Waals surface area contributed by atoms with Gasteiger partial charge in [0.15, 0.2) is 5.25 Å². The molecule has 2 heterocycles. The lowest BCUT2D eigenvalue weighted by Gasteiger charge is -2.58. The van der Waals surface area contributed by atoms with Gasteiger partial charge in [-0.15, -0.1) is 11.6 Å². The van der Waals surface area contributed by atoms with Crippen molar-refractivity contribution in [2.24, 2.45) is 5.41 Å². The Morgan fingerprint density at radius 2 is 1.81 bits per heavy atom. The van der Waals surface area contributed by atoms with E-state index in [4.69, 9.17) is 27.3 Å². The summed E-state index contributed by atoms with van der Waals surface area (Å²) in [4.78, 5) is 8.60. The summed E-state index contributed by atoms with van der Waals surface area (Å²) in [5.41, 5.74) is 7.72. The molecule has 9 nitrogen and oxygen atoms in total. The molecule has 36 heavy (non-hydrogen) atoms. The lowest BCUT2D eigenvalue weighted by molar-refractivity contribution is -0.0175. The van der Waals surface area contributed by atoms with E-state index in [1.165, 1.54) is 10.6 Å². The Hall–Kier alpha value is -3.39. The SMILES string of the molecule is N#CC(CCl)S(=O)(=O)N1CC2(CC(Nc3ncnc(N)c3-c3ccc(Oc4ccccc4)cc3)C2)C1. The first-order valence-electron chi connectivity index (χ1n) is 11.5. The van der Waals surface area contributed by atoms with Crippen molar-refractivity contribution >= 4 is 33.3 Å². The Balaban J connectivity index is 1.24. The number of para-hydroxylation sites is 1. The Morgan fingerprint density at radius 3 is 2.44 bits per heavy atom. The van der Waals surface area contributed by atoms with E-state index in [-0.39, 0.29) is 17.3 Å². The van der Waals surface area contributed by atoms with E-state index < -0.39 is 15.3 Å². The van der Waals surface area contributed by atoms with E-state index in [0.717, 1.165) is 24.2 Å². The average Bonchev–Trinajstić information content (AvgIpc) is 2.81. The number of ether oxygens (including phenoxy) is 1. The molecule has 0 radical (unpaired) electrons. The topological polar surface area (TPSA) is 134 Å². The Kier molecular flexibility index (Phi) is 6.47. The number of aromatic nitrogens is 2. The maximum atomic E-state index is 12.5. The van der Waals surface area contributed by atoms with Crippen LogP contribution in [0.5, 0.6) is 11.5 Å². The minimum atomic E-state index is -3.69. The number of hydrogen-bond acceptors (Lipinski definition) is 8. The maximum Gasteiger partial charge on any atom is 0.231 e. The molecular weight excluding hydrogens is 500 g/mol. The van der Waals surface area contributed by atoms with Gasteiger partial charge in [-0.2, -0.15) is 9.57 Å². The van der Waals surface area contributed by atoms with Crippen molar-refractivity contribution in [3.63, 3.8) is 0 Å². The van der Waals surface area contributed by atoms with E-state index in [1.807, 2.05) is 54.6 Å². The van der Waals surface area contributed by atoms with Crippen molar-refractivity contribution in [1.82, 2.24) is 14.3 Å². The van der Waals surface area contributed by atoms with Gasteiger partial charge in [-0.25, -0.2) is 18.4 Å². The summed E-state index contributed by atoms with van der Waals surface area (Å²) < 4.78 is 32.3. The van der Waals surface area contributed by atoms with Crippen molar-refractivity contribution in [2.45, 2.75) is 24.1 Å². The third-order valence-electron chi connectivity index (χ3n) is 6.73. The third kappa shape index (κ3) is 4.57. The van der Waals surface area contributed by atoms with Gasteiger partial charge < -0.3 is 15.8 Å². The fraction of sp³-hybridized carbons (Fsp3) is 0.320. The Bertz CT molecular complexity index is 1380. The van der Waals surface area contributed by atoms with E-state index >= 15 is 0 Å². The molecule has 5 rings (SSSR count). The smallest absolute Gasteiger partial charge is 0.231 e. The van der Waals surface area contributed by atoms with Crippen LogP contribution in [0.3, 0.4) is 0 Å². The highest BCUT2D eigenvalue weighted by Crippen LogP contribution is 2.51. The number of nitrogens with one attached hydrogen (secondary N) is 1. The van der Waals surface area contributed by atoms with Gasteiger partial charge in [-0.3, -0.25) is 0 Å². The highest BCUT2D eigenvalue weighted by molar-refractivity contribution is 7.90. The van der Waals surface area contributed by atoms with Crippen LogP contribution in [0.4, 0.5) is 11.6 Å². The molecule has 2 aromatic carbocycles. The normalized spacial score (nSPS) is 18.0. The summed E-state index contributed by atoms with van der Waals surface area (Å²) >= 11 is 5.67. The van der Waals surface area contributed by atoms with E-state index in [0.29, 0.717) is 36.0 Å². The lowest BCUT2D eigenvalue weighted by atomic mass is 9.61. The van der Waals surface area contributed by atoms with Gasteiger partial charge in [0.05, 0.1) is 17.5 Å². The monoisotopic (exact) mass is 524 g/mol.